The van der Waals surface area contributed by atoms with E-state index in [4.69, 9.17) is 0 Å². The van der Waals surface area contributed by atoms with Crippen LogP contribution in [0.4, 0.5) is 10.1 Å². The lowest BCUT2D eigenvalue weighted by atomic mass is 10.1. The fourth-order valence-electron chi connectivity index (χ4n) is 4.39. The van der Waals surface area contributed by atoms with Crippen LogP contribution in [-0.4, -0.2) is 53.0 Å². The maximum atomic E-state index is 13.4. The van der Waals surface area contributed by atoms with Gasteiger partial charge >= 0.3 is 0 Å². The van der Waals surface area contributed by atoms with E-state index in [-0.39, 0.29) is 41.2 Å². The third kappa shape index (κ3) is 4.96. The molecule has 11 heteroatoms. The van der Waals surface area contributed by atoms with Crippen LogP contribution in [-0.2, 0) is 24.8 Å². The maximum absolute atomic E-state index is 13.4. The van der Waals surface area contributed by atoms with Gasteiger partial charge in [-0.15, -0.1) is 0 Å². The highest BCUT2D eigenvalue weighted by Crippen LogP contribution is 2.29. The molecule has 2 aliphatic rings. The van der Waals surface area contributed by atoms with Crippen LogP contribution in [0.1, 0.15) is 36.4 Å². The third-order valence-corrected chi connectivity index (χ3v) is 9.34. The molecule has 0 bridgehead atoms. The van der Waals surface area contributed by atoms with Crippen molar-refractivity contribution in [2.45, 2.75) is 37.1 Å². The average molecular weight is 496 g/mol. The summed E-state index contributed by atoms with van der Waals surface area (Å²) >= 11 is 0. The minimum atomic E-state index is -3.92. The van der Waals surface area contributed by atoms with E-state index in [0.29, 0.717) is 5.56 Å². The van der Waals surface area contributed by atoms with E-state index in [2.05, 4.69) is 9.62 Å². The molecule has 2 fully saturated rings. The number of hydrogen-bond acceptors (Lipinski definition) is 6. The van der Waals surface area contributed by atoms with Gasteiger partial charge in [-0.1, -0.05) is 12.1 Å². The van der Waals surface area contributed by atoms with Gasteiger partial charge in [-0.25, -0.2) is 30.3 Å². The Labute approximate surface area is 193 Å². The highest BCUT2D eigenvalue weighted by Gasteiger charge is 2.36. The molecule has 2 saturated heterocycles. The summed E-state index contributed by atoms with van der Waals surface area (Å²) in [6.07, 6.45) is 1.94. The van der Waals surface area contributed by atoms with Gasteiger partial charge in [0.15, 0.2) is 0 Å². The van der Waals surface area contributed by atoms with Crippen LogP contribution in [0.25, 0.3) is 0 Å². The van der Waals surface area contributed by atoms with Crippen molar-refractivity contribution in [1.29, 1.82) is 0 Å². The number of halogens is 1. The van der Waals surface area contributed by atoms with Crippen LogP contribution in [0.5, 0.6) is 0 Å². The zero-order valence-electron chi connectivity index (χ0n) is 18.2. The van der Waals surface area contributed by atoms with E-state index in [1.807, 2.05) is 0 Å². The van der Waals surface area contributed by atoms with E-state index in [0.717, 1.165) is 35.8 Å². The number of nitrogens with zero attached hydrogens (tertiary/aromatic N) is 2. The molecular weight excluding hydrogens is 469 g/mol. The largest absolute Gasteiger partial charge is 0.295 e. The van der Waals surface area contributed by atoms with Crippen molar-refractivity contribution in [2.24, 2.45) is 0 Å². The smallest absolute Gasteiger partial charge is 0.242 e. The lowest BCUT2D eigenvalue weighted by Crippen LogP contribution is -2.37. The zero-order chi connectivity index (χ0) is 23.8. The van der Waals surface area contributed by atoms with Crippen molar-refractivity contribution in [1.82, 2.24) is 9.62 Å². The summed E-state index contributed by atoms with van der Waals surface area (Å²) in [5, 5.41) is 0. The molecule has 1 amide bonds. The second-order valence-electron chi connectivity index (χ2n) is 8.34. The predicted molar refractivity (Wildman–Crippen MR) is 122 cm³/mol. The Bertz CT molecular complexity index is 1260. The van der Waals surface area contributed by atoms with E-state index in [1.54, 1.807) is 19.1 Å². The summed E-state index contributed by atoms with van der Waals surface area (Å²) < 4.78 is 67.3. The minimum Gasteiger partial charge on any atom is -0.295 e. The molecule has 2 aliphatic heterocycles. The quantitative estimate of drug-likeness (QED) is 0.632. The second-order valence-corrected chi connectivity index (χ2v) is 12.0. The van der Waals surface area contributed by atoms with Crippen LogP contribution in [0.2, 0.25) is 0 Å². The molecule has 2 aromatic rings. The molecule has 1 N–H and O–H groups in total. The highest BCUT2D eigenvalue weighted by molar-refractivity contribution is 7.94. The molecule has 178 valence electrons. The zero-order valence-corrected chi connectivity index (χ0v) is 19.8. The van der Waals surface area contributed by atoms with Crippen LogP contribution >= 0.6 is 0 Å². The van der Waals surface area contributed by atoms with Crippen LogP contribution in [0, 0.1) is 12.7 Å². The first-order chi connectivity index (χ1) is 15.6. The Hall–Kier alpha value is -2.34. The average Bonchev–Trinajstić information content (AvgIpc) is 3.37. The van der Waals surface area contributed by atoms with Gasteiger partial charge in [-0.05, 0) is 74.3 Å². The molecule has 1 atom stereocenters. The topological polar surface area (TPSA) is 104 Å². The van der Waals surface area contributed by atoms with Crippen molar-refractivity contribution < 1.29 is 26.0 Å². The molecule has 0 spiro atoms. The molecule has 1 unspecified atom stereocenters. The number of nitrogens with one attached hydrogen (secondary N) is 1. The number of carbonyl (C=O) groups excluding carboxylic acids is 1. The molecular formula is C22H26FN3O5S2. The molecule has 0 radical (unpaired) electrons. The summed E-state index contributed by atoms with van der Waals surface area (Å²) in [7, 11) is -7.65. The van der Waals surface area contributed by atoms with Crippen molar-refractivity contribution >= 4 is 31.6 Å². The Kier molecular flexibility index (Phi) is 6.59. The van der Waals surface area contributed by atoms with E-state index >= 15 is 0 Å². The Morgan fingerprint density at radius 1 is 1.09 bits per heavy atom. The summed E-state index contributed by atoms with van der Waals surface area (Å²) in [6.45, 7) is 3.32. The third-order valence-electron chi connectivity index (χ3n) is 6.06. The normalized spacial score (nSPS) is 19.8. The lowest BCUT2D eigenvalue weighted by Gasteiger charge is -2.28. The number of likely N-dealkylation sites (tertiary alicyclic amines) is 1. The molecule has 0 aliphatic carbocycles. The molecule has 4 rings (SSSR count). The number of benzene rings is 2. The van der Waals surface area contributed by atoms with Crippen molar-refractivity contribution in [3.8, 4) is 0 Å². The minimum absolute atomic E-state index is 0.00886. The molecule has 2 heterocycles. The first-order valence-corrected chi connectivity index (χ1v) is 13.8. The Balaban J connectivity index is 1.56. The summed E-state index contributed by atoms with van der Waals surface area (Å²) in [4.78, 5) is 14.2. The monoisotopic (exact) mass is 495 g/mol. The highest BCUT2D eigenvalue weighted by atomic mass is 32.2. The van der Waals surface area contributed by atoms with Crippen LogP contribution in [0.3, 0.4) is 0 Å². The lowest BCUT2D eigenvalue weighted by molar-refractivity contribution is -0.116. The maximum Gasteiger partial charge on any atom is 0.242 e. The number of carbonyl (C=O) groups is 1. The van der Waals surface area contributed by atoms with Crippen molar-refractivity contribution in [3.63, 3.8) is 0 Å². The van der Waals surface area contributed by atoms with E-state index in [9.17, 15) is 26.0 Å². The van der Waals surface area contributed by atoms with Crippen molar-refractivity contribution in [3.05, 3.63) is 59.4 Å². The van der Waals surface area contributed by atoms with Crippen molar-refractivity contribution in [2.75, 3.05) is 29.7 Å². The number of aryl methyl sites for hydroxylation is 1. The van der Waals surface area contributed by atoms with Crippen LogP contribution < -0.4 is 9.03 Å². The second kappa shape index (κ2) is 9.13. The fraction of sp³-hybridized carbons (Fsp3) is 0.409. The van der Waals surface area contributed by atoms with E-state index < -0.39 is 26.0 Å². The summed E-state index contributed by atoms with van der Waals surface area (Å²) in [5.74, 6) is -1.14. The van der Waals surface area contributed by atoms with Gasteiger partial charge in [0.2, 0.25) is 26.0 Å². The molecule has 2 aromatic carbocycles. The Morgan fingerprint density at radius 2 is 1.76 bits per heavy atom. The van der Waals surface area contributed by atoms with Gasteiger partial charge in [0.05, 0.1) is 16.3 Å². The van der Waals surface area contributed by atoms with Gasteiger partial charge in [0.25, 0.3) is 0 Å². The Morgan fingerprint density at radius 3 is 2.33 bits per heavy atom. The summed E-state index contributed by atoms with van der Waals surface area (Å²) in [5.41, 5.74) is 1.29. The first-order valence-electron chi connectivity index (χ1n) is 10.7. The number of anilines is 1. The fourth-order valence-corrected chi connectivity index (χ4v) is 7.11. The molecule has 0 saturated carbocycles. The molecule has 0 aromatic heterocycles. The number of hydrogen-bond donors (Lipinski definition) is 1. The predicted octanol–water partition coefficient (Wildman–Crippen LogP) is 2.32. The molecule has 8 nitrogen and oxygen atoms in total. The van der Waals surface area contributed by atoms with Gasteiger partial charge in [0.1, 0.15) is 5.82 Å². The number of sulfonamides is 2. The first kappa shape index (κ1) is 23.8. The number of rotatable bonds is 7. The van der Waals surface area contributed by atoms with Gasteiger partial charge in [-0.2, -0.15) is 0 Å². The SMILES string of the molecule is Cc1cc(N2C(=O)CCS2(=O)=O)ccc1S(=O)(=O)NCC(c1ccc(F)cc1)N1CCCC1. The summed E-state index contributed by atoms with van der Waals surface area (Å²) in [6, 6.07) is 9.87. The van der Waals surface area contributed by atoms with Gasteiger partial charge in [0, 0.05) is 19.0 Å². The molecule has 33 heavy (non-hydrogen) atoms. The van der Waals surface area contributed by atoms with E-state index in [1.165, 1.54) is 30.3 Å². The van der Waals surface area contributed by atoms with Gasteiger partial charge in [-0.3, -0.25) is 9.69 Å². The van der Waals surface area contributed by atoms with Crippen LogP contribution in [0.15, 0.2) is 47.4 Å². The number of amides is 1. The van der Waals surface area contributed by atoms with Gasteiger partial charge < -0.3 is 0 Å². The standard InChI is InChI=1S/C22H26FN3O5S2/c1-16-14-19(26-22(27)10-13-32(26,28)29)8-9-21(16)33(30,31)24-15-20(25-11-2-3-12-25)17-4-6-18(23)7-5-17/h4-9,14,20,24H,2-3,10-13,15H2,1H3.